The van der Waals surface area contributed by atoms with Crippen LogP contribution in [-0.2, 0) is 0 Å². The van der Waals surface area contributed by atoms with E-state index in [1.807, 2.05) is 5.01 Å². The lowest BCUT2D eigenvalue weighted by molar-refractivity contribution is 0.334. The minimum atomic E-state index is 0.907. The maximum Gasteiger partial charge on any atom is 0.0473 e. The van der Waals surface area contributed by atoms with Crippen LogP contribution in [0.25, 0.3) is 0 Å². The molecule has 0 heterocycles. The molecule has 15 heavy (non-hydrogen) atoms. The van der Waals surface area contributed by atoms with Gasteiger partial charge in [-0.05, 0) is 26.0 Å². The van der Waals surface area contributed by atoms with E-state index < -0.39 is 0 Å². The molecule has 0 aromatic rings. The van der Waals surface area contributed by atoms with Crippen molar-refractivity contribution in [1.82, 2.24) is 5.01 Å². The number of hydrogen-bond acceptors (Lipinski definition) is 3. The second kappa shape index (κ2) is 9.71. The molecular weight excluding hydrogens is 186 g/mol. The van der Waals surface area contributed by atoms with Gasteiger partial charge in [0, 0.05) is 18.4 Å². The Hall–Kier alpha value is -0.830. The lowest BCUT2D eigenvalue weighted by Gasteiger charge is -2.21. The number of rotatable bonds is 9. The minimum absolute atomic E-state index is 0.907. The van der Waals surface area contributed by atoms with Gasteiger partial charge in [-0.15, -0.1) is 0 Å². The van der Waals surface area contributed by atoms with Crippen molar-refractivity contribution in [2.24, 2.45) is 10.8 Å². The predicted molar refractivity (Wildman–Crippen MR) is 67.6 cm³/mol. The maximum atomic E-state index is 5.95. The van der Waals surface area contributed by atoms with E-state index in [4.69, 9.17) is 5.84 Å². The predicted octanol–water partition coefficient (Wildman–Crippen LogP) is 3.08. The third-order valence-electron chi connectivity index (χ3n) is 2.40. The number of hydrazine groups is 1. The first-order chi connectivity index (χ1) is 7.26. The summed E-state index contributed by atoms with van der Waals surface area (Å²) in [5.74, 6) is 5.95. The van der Waals surface area contributed by atoms with Crippen LogP contribution in [0.15, 0.2) is 16.9 Å². The molecule has 0 aliphatic rings. The van der Waals surface area contributed by atoms with Gasteiger partial charge in [-0.1, -0.05) is 33.1 Å². The van der Waals surface area contributed by atoms with E-state index in [-0.39, 0.29) is 0 Å². The summed E-state index contributed by atoms with van der Waals surface area (Å²) in [6.07, 6.45) is 8.73. The first kappa shape index (κ1) is 14.2. The molecule has 2 N–H and O–H groups in total. The first-order valence-electron chi connectivity index (χ1n) is 5.93. The SMILES string of the molecule is C=N/C=C(/CCCCC)N(N)CCCC. The van der Waals surface area contributed by atoms with Gasteiger partial charge >= 0.3 is 0 Å². The molecule has 0 rings (SSSR count). The third-order valence-corrected chi connectivity index (χ3v) is 2.40. The Bertz CT molecular complexity index is 187. The van der Waals surface area contributed by atoms with E-state index in [1.54, 1.807) is 6.20 Å². The molecule has 0 atom stereocenters. The molecule has 3 heteroatoms. The monoisotopic (exact) mass is 211 g/mol. The largest absolute Gasteiger partial charge is 0.314 e. The van der Waals surface area contributed by atoms with Crippen molar-refractivity contribution in [3.8, 4) is 0 Å². The molecule has 0 aliphatic carbocycles. The zero-order chi connectivity index (χ0) is 11.5. The molecule has 0 amide bonds. The number of aliphatic imine (C=N–C) groups is 1. The van der Waals surface area contributed by atoms with Gasteiger partial charge in [0.05, 0.1) is 0 Å². The Labute approximate surface area is 94.0 Å². The summed E-state index contributed by atoms with van der Waals surface area (Å²) >= 11 is 0. The highest BCUT2D eigenvalue weighted by atomic mass is 15.4. The smallest absolute Gasteiger partial charge is 0.0473 e. The fourth-order valence-corrected chi connectivity index (χ4v) is 1.42. The standard InChI is InChI=1S/C12H25N3/c1-4-6-8-9-12(11-14-3)15(13)10-7-5-2/h11H,3-10,13H2,1-2H3/b12-11-. The quantitative estimate of drug-likeness (QED) is 0.275. The van der Waals surface area contributed by atoms with E-state index in [2.05, 4.69) is 25.6 Å². The molecule has 0 radical (unpaired) electrons. The Morgan fingerprint density at radius 3 is 2.47 bits per heavy atom. The second-order valence-electron chi connectivity index (χ2n) is 3.81. The van der Waals surface area contributed by atoms with Crippen molar-refractivity contribution in [3.05, 3.63) is 11.9 Å². The molecule has 0 saturated carbocycles. The summed E-state index contributed by atoms with van der Waals surface area (Å²) in [5, 5.41) is 1.81. The summed E-state index contributed by atoms with van der Waals surface area (Å²) < 4.78 is 0. The van der Waals surface area contributed by atoms with Gasteiger partial charge in [-0.25, -0.2) is 5.84 Å². The lowest BCUT2D eigenvalue weighted by Crippen LogP contribution is -2.31. The van der Waals surface area contributed by atoms with Crippen LogP contribution in [0, 0.1) is 0 Å². The van der Waals surface area contributed by atoms with E-state index in [9.17, 15) is 0 Å². The molecule has 3 nitrogen and oxygen atoms in total. The summed E-state index contributed by atoms with van der Waals surface area (Å²) in [4.78, 5) is 3.81. The van der Waals surface area contributed by atoms with Gasteiger partial charge in [0.2, 0.25) is 0 Å². The highest BCUT2D eigenvalue weighted by molar-refractivity contribution is 5.26. The molecular formula is C12H25N3. The normalized spacial score (nSPS) is 11.5. The zero-order valence-electron chi connectivity index (χ0n) is 10.2. The number of hydrogen-bond donors (Lipinski definition) is 1. The van der Waals surface area contributed by atoms with Gasteiger partial charge in [0.25, 0.3) is 0 Å². The molecule has 0 bridgehead atoms. The van der Waals surface area contributed by atoms with Crippen LogP contribution in [0.5, 0.6) is 0 Å². The van der Waals surface area contributed by atoms with Crippen LogP contribution in [0.1, 0.15) is 52.4 Å². The highest BCUT2D eigenvalue weighted by Crippen LogP contribution is 2.12. The topological polar surface area (TPSA) is 41.6 Å². The van der Waals surface area contributed by atoms with Crippen LogP contribution in [0.4, 0.5) is 0 Å². The second-order valence-corrected chi connectivity index (χ2v) is 3.81. The average molecular weight is 211 g/mol. The van der Waals surface area contributed by atoms with Crippen LogP contribution >= 0.6 is 0 Å². The maximum absolute atomic E-state index is 5.95. The Balaban J connectivity index is 4.01. The molecule has 0 aromatic heterocycles. The molecule has 88 valence electrons. The van der Waals surface area contributed by atoms with E-state index in [0.717, 1.165) is 31.5 Å². The van der Waals surface area contributed by atoms with Gasteiger partial charge in [-0.2, -0.15) is 0 Å². The fraction of sp³-hybridized carbons (Fsp3) is 0.750. The first-order valence-corrected chi connectivity index (χ1v) is 5.93. The van der Waals surface area contributed by atoms with Crippen molar-refractivity contribution < 1.29 is 0 Å². The average Bonchev–Trinajstić information content (AvgIpc) is 2.25. The Morgan fingerprint density at radius 1 is 1.27 bits per heavy atom. The Morgan fingerprint density at radius 2 is 1.93 bits per heavy atom. The molecule has 0 saturated heterocycles. The number of unbranched alkanes of at least 4 members (excludes halogenated alkanes) is 3. The van der Waals surface area contributed by atoms with Gasteiger partial charge in [0.15, 0.2) is 0 Å². The summed E-state index contributed by atoms with van der Waals surface area (Å²) in [7, 11) is 0. The third kappa shape index (κ3) is 7.14. The Kier molecular flexibility index (Phi) is 9.18. The number of nitrogens with zero attached hydrogens (tertiary/aromatic N) is 2. The van der Waals surface area contributed by atoms with E-state index in [0.29, 0.717) is 0 Å². The van der Waals surface area contributed by atoms with Crippen LogP contribution in [-0.4, -0.2) is 18.3 Å². The molecule has 0 spiro atoms. The van der Waals surface area contributed by atoms with Crippen LogP contribution in [0.3, 0.4) is 0 Å². The minimum Gasteiger partial charge on any atom is -0.314 e. The van der Waals surface area contributed by atoms with Crippen molar-refractivity contribution in [2.75, 3.05) is 6.54 Å². The fourth-order valence-electron chi connectivity index (χ4n) is 1.42. The van der Waals surface area contributed by atoms with Crippen molar-refractivity contribution in [1.29, 1.82) is 0 Å². The van der Waals surface area contributed by atoms with Gasteiger partial charge in [0.1, 0.15) is 0 Å². The molecule has 0 fully saturated rings. The van der Waals surface area contributed by atoms with E-state index >= 15 is 0 Å². The summed E-state index contributed by atoms with van der Waals surface area (Å²) in [6.45, 7) is 8.76. The van der Waals surface area contributed by atoms with Crippen LogP contribution in [0.2, 0.25) is 0 Å². The van der Waals surface area contributed by atoms with Gasteiger partial charge in [-0.3, -0.25) is 4.99 Å². The van der Waals surface area contributed by atoms with E-state index in [1.165, 1.54) is 19.3 Å². The van der Waals surface area contributed by atoms with Gasteiger partial charge < -0.3 is 5.01 Å². The van der Waals surface area contributed by atoms with Crippen molar-refractivity contribution in [2.45, 2.75) is 52.4 Å². The summed E-state index contributed by atoms with van der Waals surface area (Å²) in [6, 6.07) is 0. The number of nitrogens with two attached hydrogens (primary N) is 1. The van der Waals surface area contributed by atoms with Crippen molar-refractivity contribution in [3.63, 3.8) is 0 Å². The van der Waals surface area contributed by atoms with Crippen molar-refractivity contribution >= 4 is 6.72 Å². The van der Waals surface area contributed by atoms with Crippen LogP contribution < -0.4 is 5.84 Å². The number of allylic oxidation sites excluding steroid dienone is 1. The molecule has 0 aliphatic heterocycles. The zero-order valence-corrected chi connectivity index (χ0v) is 10.2. The lowest BCUT2D eigenvalue weighted by atomic mass is 10.1. The summed E-state index contributed by atoms with van der Waals surface area (Å²) in [5.41, 5.74) is 1.10. The molecule has 0 unspecified atom stereocenters. The highest BCUT2D eigenvalue weighted by Gasteiger charge is 2.03. The molecule has 0 aromatic carbocycles.